The van der Waals surface area contributed by atoms with Crippen molar-refractivity contribution in [1.29, 1.82) is 0 Å². The molecule has 2 rings (SSSR count). The zero-order valence-electron chi connectivity index (χ0n) is 15.1. The number of rotatable bonds is 8. The van der Waals surface area contributed by atoms with Crippen LogP contribution in [-0.4, -0.2) is 30.7 Å². The van der Waals surface area contributed by atoms with Gasteiger partial charge < -0.3 is 9.64 Å². The van der Waals surface area contributed by atoms with E-state index < -0.39 is 4.92 Å². The average molecular weight is 374 g/mol. The topological polar surface area (TPSA) is 72.7 Å². The third kappa shape index (κ3) is 4.35. The molecule has 1 amide bonds. The van der Waals surface area contributed by atoms with Gasteiger partial charge in [0.2, 0.25) is 0 Å². The van der Waals surface area contributed by atoms with Crippen LogP contribution in [0.25, 0.3) is 0 Å². The van der Waals surface area contributed by atoms with Gasteiger partial charge >= 0.3 is 0 Å². The fourth-order valence-electron chi connectivity index (χ4n) is 2.61. The second-order valence-electron chi connectivity index (χ2n) is 5.63. The minimum Gasteiger partial charge on any atom is -0.495 e. The molecular formula is C19H22N2O4S. The Morgan fingerprint density at radius 1 is 1.27 bits per heavy atom. The summed E-state index contributed by atoms with van der Waals surface area (Å²) in [6, 6.07) is 12.1. The zero-order chi connectivity index (χ0) is 19.1. The number of nitro groups is 1. The molecule has 0 heterocycles. The Balaban J connectivity index is 2.55. The largest absolute Gasteiger partial charge is 0.495 e. The second kappa shape index (κ2) is 9.24. The molecule has 6 nitrogen and oxygen atoms in total. The number of unbranched alkanes of at least 4 members (excludes halogenated alkanes) is 1. The molecule has 0 bridgehead atoms. The number of methoxy groups -OCH3 is 1. The molecule has 0 radical (unpaired) electrons. The fraction of sp³-hybridized carbons (Fsp3) is 0.316. The van der Waals surface area contributed by atoms with E-state index in [1.54, 1.807) is 11.0 Å². The highest BCUT2D eigenvalue weighted by Gasteiger charge is 2.28. The Hall–Kier alpha value is -2.54. The number of thioether (sulfide) groups is 1. The van der Waals surface area contributed by atoms with Gasteiger partial charge in [-0.1, -0.05) is 31.5 Å². The van der Waals surface area contributed by atoms with Gasteiger partial charge in [-0.05, 0) is 30.9 Å². The van der Waals surface area contributed by atoms with Crippen molar-refractivity contribution in [2.75, 3.05) is 24.8 Å². The number of hydrogen-bond acceptors (Lipinski definition) is 5. The van der Waals surface area contributed by atoms with E-state index in [1.165, 1.54) is 24.9 Å². The molecule has 0 aliphatic rings. The van der Waals surface area contributed by atoms with Crippen molar-refractivity contribution in [1.82, 2.24) is 0 Å². The molecule has 0 unspecified atom stereocenters. The van der Waals surface area contributed by atoms with Gasteiger partial charge in [0.15, 0.2) is 0 Å². The summed E-state index contributed by atoms with van der Waals surface area (Å²) in [6.07, 6.45) is 3.56. The lowest BCUT2D eigenvalue weighted by atomic mass is 10.1. The third-order valence-electron chi connectivity index (χ3n) is 3.98. The lowest BCUT2D eigenvalue weighted by molar-refractivity contribution is -0.385. The molecule has 0 spiro atoms. The van der Waals surface area contributed by atoms with E-state index in [4.69, 9.17) is 4.74 Å². The molecule has 0 aliphatic heterocycles. The predicted molar refractivity (Wildman–Crippen MR) is 104 cm³/mol. The molecule has 138 valence electrons. The molecule has 26 heavy (non-hydrogen) atoms. The SMILES string of the molecule is CCCCN(C(=O)c1cc(SC)c(OC)cc1[N+](=O)[O-])c1ccccc1. The molecule has 0 atom stereocenters. The molecule has 7 heteroatoms. The van der Waals surface area contributed by atoms with Gasteiger partial charge in [0.05, 0.1) is 23.0 Å². The van der Waals surface area contributed by atoms with E-state index in [0.717, 1.165) is 18.5 Å². The first-order valence-corrected chi connectivity index (χ1v) is 9.53. The van der Waals surface area contributed by atoms with E-state index >= 15 is 0 Å². The van der Waals surface area contributed by atoms with Crippen molar-refractivity contribution in [3.63, 3.8) is 0 Å². The molecule has 0 saturated carbocycles. The Morgan fingerprint density at radius 3 is 2.50 bits per heavy atom. The van der Waals surface area contributed by atoms with Crippen molar-refractivity contribution in [2.45, 2.75) is 24.7 Å². The van der Waals surface area contributed by atoms with Crippen LogP contribution in [0.3, 0.4) is 0 Å². The number of nitro benzene ring substituents is 1. The molecule has 2 aromatic rings. The lowest BCUT2D eigenvalue weighted by Gasteiger charge is -2.23. The molecular weight excluding hydrogens is 352 g/mol. The van der Waals surface area contributed by atoms with Crippen molar-refractivity contribution < 1.29 is 14.5 Å². The first kappa shape index (κ1) is 19.8. The van der Waals surface area contributed by atoms with E-state index in [1.807, 2.05) is 43.5 Å². The number of carbonyl (C=O) groups is 1. The van der Waals surface area contributed by atoms with Gasteiger partial charge in [0.25, 0.3) is 11.6 Å². The van der Waals surface area contributed by atoms with Gasteiger partial charge in [-0.25, -0.2) is 0 Å². The monoisotopic (exact) mass is 374 g/mol. The van der Waals surface area contributed by atoms with E-state index in [2.05, 4.69) is 0 Å². The highest BCUT2D eigenvalue weighted by molar-refractivity contribution is 7.98. The van der Waals surface area contributed by atoms with Crippen LogP contribution in [0.4, 0.5) is 11.4 Å². The van der Waals surface area contributed by atoms with Gasteiger partial charge in [0.1, 0.15) is 11.3 Å². The molecule has 0 fully saturated rings. The van der Waals surface area contributed by atoms with Crippen molar-refractivity contribution in [3.05, 3.63) is 58.1 Å². The van der Waals surface area contributed by atoms with Crippen molar-refractivity contribution in [3.8, 4) is 5.75 Å². The number of ether oxygens (including phenoxy) is 1. The number of benzene rings is 2. The first-order valence-electron chi connectivity index (χ1n) is 8.30. The highest BCUT2D eigenvalue weighted by atomic mass is 32.2. The van der Waals surface area contributed by atoms with E-state index in [-0.39, 0.29) is 17.2 Å². The van der Waals surface area contributed by atoms with Gasteiger partial charge in [-0.15, -0.1) is 11.8 Å². The highest BCUT2D eigenvalue weighted by Crippen LogP contribution is 2.35. The molecule has 0 saturated heterocycles. The molecule has 0 aromatic heterocycles. The summed E-state index contributed by atoms with van der Waals surface area (Å²) in [5.74, 6) is 0.00914. The van der Waals surface area contributed by atoms with Crippen LogP contribution in [0.5, 0.6) is 5.75 Å². The zero-order valence-corrected chi connectivity index (χ0v) is 15.9. The van der Waals surface area contributed by atoms with Crippen molar-refractivity contribution in [2.24, 2.45) is 0 Å². The number of anilines is 1. The summed E-state index contributed by atoms with van der Waals surface area (Å²) >= 11 is 1.38. The lowest BCUT2D eigenvalue weighted by Crippen LogP contribution is -2.32. The van der Waals surface area contributed by atoms with E-state index in [9.17, 15) is 14.9 Å². The van der Waals surface area contributed by atoms with Gasteiger partial charge in [0, 0.05) is 12.2 Å². The summed E-state index contributed by atoms with van der Waals surface area (Å²) in [6.45, 7) is 2.53. The van der Waals surface area contributed by atoms with Crippen LogP contribution in [0.1, 0.15) is 30.1 Å². The minimum absolute atomic E-state index is 0.0695. The summed E-state index contributed by atoms with van der Waals surface area (Å²) in [4.78, 5) is 26.5. The first-order chi connectivity index (χ1) is 12.5. The third-order valence-corrected chi connectivity index (χ3v) is 4.74. The standard InChI is InChI=1S/C19H22N2O4S/c1-4-5-11-20(14-9-7-6-8-10-14)19(22)15-12-18(26-3)17(25-2)13-16(15)21(23)24/h6-10,12-13H,4-5,11H2,1-3H3. The summed E-state index contributed by atoms with van der Waals surface area (Å²) in [7, 11) is 1.46. The van der Waals surface area contributed by atoms with Crippen LogP contribution in [-0.2, 0) is 0 Å². The minimum atomic E-state index is -0.539. The quantitative estimate of drug-likeness (QED) is 0.378. The molecule has 2 aromatic carbocycles. The Bertz CT molecular complexity index is 781. The Kier molecular flexibility index (Phi) is 7.03. The van der Waals surface area contributed by atoms with Gasteiger partial charge in [-0.3, -0.25) is 14.9 Å². The van der Waals surface area contributed by atoms with Crippen LogP contribution >= 0.6 is 11.8 Å². The summed E-state index contributed by atoms with van der Waals surface area (Å²) in [5.41, 5.74) is 0.545. The smallest absolute Gasteiger partial charge is 0.285 e. The predicted octanol–water partition coefficient (Wildman–Crippen LogP) is 4.77. The average Bonchev–Trinajstić information content (AvgIpc) is 2.67. The van der Waals surface area contributed by atoms with Crippen LogP contribution < -0.4 is 9.64 Å². The normalized spacial score (nSPS) is 10.4. The number of carbonyl (C=O) groups excluding carboxylic acids is 1. The molecule has 0 aliphatic carbocycles. The van der Waals surface area contributed by atoms with Crippen LogP contribution in [0, 0.1) is 10.1 Å². The van der Waals surface area contributed by atoms with E-state index in [0.29, 0.717) is 17.2 Å². The summed E-state index contributed by atoms with van der Waals surface area (Å²) < 4.78 is 5.22. The van der Waals surface area contributed by atoms with Gasteiger partial charge in [-0.2, -0.15) is 0 Å². The second-order valence-corrected chi connectivity index (χ2v) is 6.48. The Morgan fingerprint density at radius 2 is 1.96 bits per heavy atom. The van der Waals surface area contributed by atoms with Crippen LogP contribution in [0.15, 0.2) is 47.4 Å². The summed E-state index contributed by atoms with van der Waals surface area (Å²) in [5, 5.41) is 11.5. The number of amides is 1. The number of hydrogen-bond donors (Lipinski definition) is 0. The van der Waals surface area contributed by atoms with Crippen LogP contribution in [0.2, 0.25) is 0 Å². The maximum atomic E-state index is 13.2. The fourth-order valence-corrected chi connectivity index (χ4v) is 3.19. The maximum absolute atomic E-state index is 13.2. The van der Waals surface area contributed by atoms with Crippen molar-refractivity contribution >= 4 is 29.0 Å². The Labute approximate surface area is 157 Å². The number of nitrogens with zero attached hydrogens (tertiary/aromatic N) is 2. The number of para-hydroxylation sites is 1. The molecule has 0 N–H and O–H groups in total. The maximum Gasteiger partial charge on any atom is 0.285 e.